The Balaban J connectivity index is 2.25. The second-order valence-electron chi connectivity index (χ2n) is 6.39. The van der Waals surface area contributed by atoms with Crippen LogP contribution in [0.15, 0.2) is 23.1 Å². The molecular weight excluding hydrogens is 326 g/mol. The van der Waals surface area contributed by atoms with Gasteiger partial charge in [-0.1, -0.05) is 20.8 Å². The molecule has 1 fully saturated rings. The highest BCUT2D eigenvalue weighted by Crippen LogP contribution is 2.32. The molecule has 0 unspecified atom stereocenters. The molecule has 1 aliphatic heterocycles. The average molecular weight is 356 g/mol. The van der Waals surface area contributed by atoms with Crippen molar-refractivity contribution in [3.63, 3.8) is 0 Å². The molecule has 24 heavy (non-hydrogen) atoms. The van der Waals surface area contributed by atoms with Crippen LogP contribution in [0.5, 0.6) is 11.5 Å². The van der Waals surface area contributed by atoms with E-state index in [0.29, 0.717) is 43.7 Å². The Labute approximate surface area is 146 Å². The lowest BCUT2D eigenvalue weighted by atomic mass is 10.0. The van der Waals surface area contributed by atoms with Gasteiger partial charge in [0.05, 0.1) is 18.1 Å². The fourth-order valence-electron chi connectivity index (χ4n) is 2.68. The second kappa shape index (κ2) is 8.72. The van der Waals surface area contributed by atoms with Crippen molar-refractivity contribution in [1.82, 2.24) is 4.31 Å². The van der Waals surface area contributed by atoms with Gasteiger partial charge in [-0.2, -0.15) is 4.31 Å². The van der Waals surface area contributed by atoms with E-state index in [9.17, 15) is 8.42 Å². The highest BCUT2D eigenvalue weighted by Gasteiger charge is 2.28. The number of sulfonamides is 1. The Morgan fingerprint density at radius 3 is 2.21 bits per heavy atom. The Hall–Kier alpha value is -1.27. The van der Waals surface area contributed by atoms with Crippen LogP contribution >= 0.6 is 0 Å². The van der Waals surface area contributed by atoms with Gasteiger partial charge in [0.1, 0.15) is 0 Å². The molecule has 0 saturated carbocycles. The van der Waals surface area contributed by atoms with Crippen LogP contribution in [0, 0.1) is 5.92 Å². The summed E-state index contributed by atoms with van der Waals surface area (Å²) in [4.78, 5) is 0.284. The normalized spacial score (nSPS) is 17.0. The molecular formula is C18H29NO4S. The van der Waals surface area contributed by atoms with Gasteiger partial charge in [0.25, 0.3) is 0 Å². The Morgan fingerprint density at radius 2 is 1.62 bits per heavy atom. The molecule has 0 aliphatic carbocycles. The van der Waals surface area contributed by atoms with Crippen molar-refractivity contribution in [3.05, 3.63) is 18.2 Å². The predicted octanol–water partition coefficient (Wildman–Crippen LogP) is 3.68. The summed E-state index contributed by atoms with van der Waals surface area (Å²) in [5.41, 5.74) is 0. The van der Waals surface area contributed by atoms with Crippen LogP contribution in [0.4, 0.5) is 0 Å². The molecule has 6 heteroatoms. The van der Waals surface area contributed by atoms with Crippen molar-refractivity contribution in [2.75, 3.05) is 26.3 Å². The van der Waals surface area contributed by atoms with E-state index in [0.717, 1.165) is 25.7 Å². The molecule has 5 nitrogen and oxygen atoms in total. The largest absolute Gasteiger partial charge is 0.490 e. The zero-order chi connectivity index (χ0) is 17.6. The topological polar surface area (TPSA) is 55.8 Å². The number of ether oxygens (including phenoxy) is 2. The van der Waals surface area contributed by atoms with Crippen molar-refractivity contribution in [3.8, 4) is 11.5 Å². The molecule has 136 valence electrons. The SMILES string of the molecule is CCCOc1ccc(S(=O)(=O)N2CCC(C)CC2)cc1OCCC. The summed E-state index contributed by atoms with van der Waals surface area (Å²) < 4.78 is 38.7. The zero-order valence-corrected chi connectivity index (χ0v) is 15.8. The summed E-state index contributed by atoms with van der Waals surface area (Å²) in [5, 5.41) is 0. The van der Waals surface area contributed by atoms with Crippen molar-refractivity contribution in [1.29, 1.82) is 0 Å². The Kier molecular flexibility index (Phi) is 6.92. The van der Waals surface area contributed by atoms with Crippen LogP contribution in [0.3, 0.4) is 0 Å². The van der Waals surface area contributed by atoms with E-state index in [-0.39, 0.29) is 4.90 Å². The quantitative estimate of drug-likeness (QED) is 0.714. The molecule has 2 rings (SSSR count). The number of piperidine rings is 1. The molecule has 1 aromatic rings. The summed E-state index contributed by atoms with van der Waals surface area (Å²) >= 11 is 0. The first kappa shape index (κ1) is 19.1. The minimum Gasteiger partial charge on any atom is -0.490 e. The van der Waals surface area contributed by atoms with Crippen LogP contribution in [-0.4, -0.2) is 39.0 Å². The predicted molar refractivity (Wildman–Crippen MR) is 95.2 cm³/mol. The van der Waals surface area contributed by atoms with Gasteiger partial charge in [-0.15, -0.1) is 0 Å². The van der Waals surface area contributed by atoms with Gasteiger partial charge >= 0.3 is 0 Å². The van der Waals surface area contributed by atoms with Crippen LogP contribution in [0.2, 0.25) is 0 Å². The van der Waals surface area contributed by atoms with E-state index in [2.05, 4.69) is 6.92 Å². The smallest absolute Gasteiger partial charge is 0.243 e. The molecule has 0 radical (unpaired) electrons. The van der Waals surface area contributed by atoms with E-state index in [1.807, 2.05) is 13.8 Å². The molecule has 0 bridgehead atoms. The van der Waals surface area contributed by atoms with Crippen molar-refractivity contribution < 1.29 is 17.9 Å². The van der Waals surface area contributed by atoms with E-state index in [4.69, 9.17) is 9.47 Å². The summed E-state index contributed by atoms with van der Waals surface area (Å²) in [6.45, 7) is 8.50. The number of rotatable bonds is 8. The summed E-state index contributed by atoms with van der Waals surface area (Å²) in [7, 11) is -3.47. The zero-order valence-electron chi connectivity index (χ0n) is 15.0. The molecule has 1 heterocycles. The van der Waals surface area contributed by atoms with Crippen LogP contribution in [0.1, 0.15) is 46.5 Å². The molecule has 1 aliphatic rings. The fourth-order valence-corrected chi connectivity index (χ4v) is 4.16. The molecule has 0 N–H and O–H groups in total. The van der Waals surface area contributed by atoms with Gasteiger partial charge < -0.3 is 9.47 Å². The first-order valence-electron chi connectivity index (χ1n) is 8.88. The summed E-state index contributed by atoms with van der Waals surface area (Å²) in [5.74, 6) is 1.71. The van der Waals surface area contributed by atoms with Crippen molar-refractivity contribution in [2.45, 2.75) is 51.3 Å². The van der Waals surface area contributed by atoms with E-state index in [1.54, 1.807) is 22.5 Å². The monoisotopic (exact) mass is 355 g/mol. The maximum absolute atomic E-state index is 12.9. The van der Waals surface area contributed by atoms with E-state index in [1.165, 1.54) is 0 Å². The molecule has 1 saturated heterocycles. The third-order valence-corrected chi connectivity index (χ3v) is 6.11. The third-order valence-electron chi connectivity index (χ3n) is 4.22. The number of nitrogens with zero attached hydrogens (tertiary/aromatic N) is 1. The number of hydrogen-bond acceptors (Lipinski definition) is 4. The van der Waals surface area contributed by atoms with E-state index < -0.39 is 10.0 Å². The maximum Gasteiger partial charge on any atom is 0.243 e. The molecule has 0 spiro atoms. The van der Waals surface area contributed by atoms with Crippen LogP contribution in [0.25, 0.3) is 0 Å². The summed E-state index contributed by atoms with van der Waals surface area (Å²) in [6.07, 6.45) is 3.57. The first-order chi connectivity index (χ1) is 11.5. The highest BCUT2D eigenvalue weighted by molar-refractivity contribution is 7.89. The molecule has 0 atom stereocenters. The molecule has 1 aromatic carbocycles. The number of hydrogen-bond donors (Lipinski definition) is 0. The van der Waals surface area contributed by atoms with E-state index >= 15 is 0 Å². The minimum atomic E-state index is -3.47. The lowest BCUT2D eigenvalue weighted by Gasteiger charge is -2.29. The second-order valence-corrected chi connectivity index (χ2v) is 8.33. The Morgan fingerprint density at radius 1 is 1.04 bits per heavy atom. The maximum atomic E-state index is 12.9. The minimum absolute atomic E-state index is 0.284. The van der Waals surface area contributed by atoms with Crippen molar-refractivity contribution >= 4 is 10.0 Å². The lowest BCUT2D eigenvalue weighted by molar-refractivity contribution is 0.267. The van der Waals surface area contributed by atoms with Gasteiger partial charge in [0.15, 0.2) is 11.5 Å². The third kappa shape index (κ3) is 4.63. The first-order valence-corrected chi connectivity index (χ1v) is 10.3. The van der Waals surface area contributed by atoms with Crippen molar-refractivity contribution in [2.24, 2.45) is 5.92 Å². The van der Waals surface area contributed by atoms with Gasteiger partial charge in [0, 0.05) is 19.2 Å². The molecule has 0 aromatic heterocycles. The fraction of sp³-hybridized carbons (Fsp3) is 0.667. The lowest BCUT2D eigenvalue weighted by Crippen LogP contribution is -2.37. The summed E-state index contributed by atoms with van der Waals surface area (Å²) in [6, 6.07) is 4.94. The van der Waals surface area contributed by atoms with Crippen LogP contribution in [-0.2, 0) is 10.0 Å². The standard InChI is InChI=1S/C18H29NO4S/c1-4-12-22-17-7-6-16(14-18(17)23-13-5-2)24(20,21)19-10-8-15(3)9-11-19/h6-7,14-15H,4-5,8-13H2,1-3H3. The van der Waals surface area contributed by atoms with Gasteiger partial charge in [-0.05, 0) is 43.7 Å². The molecule has 0 amide bonds. The highest BCUT2D eigenvalue weighted by atomic mass is 32.2. The Bertz CT molecular complexity index is 622. The average Bonchev–Trinajstić information content (AvgIpc) is 2.58. The van der Waals surface area contributed by atoms with Crippen LogP contribution < -0.4 is 9.47 Å². The van der Waals surface area contributed by atoms with Gasteiger partial charge in [-0.25, -0.2) is 8.42 Å². The van der Waals surface area contributed by atoms with Gasteiger partial charge in [0.2, 0.25) is 10.0 Å². The van der Waals surface area contributed by atoms with Gasteiger partial charge in [-0.3, -0.25) is 0 Å². The number of benzene rings is 1.